The van der Waals surface area contributed by atoms with Crippen LogP contribution in [-0.2, 0) is 4.74 Å². The summed E-state index contributed by atoms with van der Waals surface area (Å²) in [6.45, 7) is 9.35. The minimum absolute atomic E-state index is 0.173. The smallest absolute Gasteiger partial charge is 0.407 e. The van der Waals surface area contributed by atoms with Gasteiger partial charge in [0, 0.05) is 11.0 Å². The first-order valence-corrected chi connectivity index (χ1v) is 8.20. The van der Waals surface area contributed by atoms with Gasteiger partial charge in [0.05, 0.1) is 5.54 Å². The molecule has 0 aromatic carbocycles. The molecular weight excluding hydrogens is 356 g/mol. The molecule has 0 unspecified atom stereocenters. The molecule has 0 aliphatic heterocycles. The lowest BCUT2D eigenvalue weighted by Crippen LogP contribution is -2.51. The van der Waals surface area contributed by atoms with E-state index in [1.165, 1.54) is 11.3 Å². The number of amides is 2. The highest BCUT2D eigenvalue weighted by Gasteiger charge is 2.25. The van der Waals surface area contributed by atoms with E-state index in [0.717, 1.165) is 4.47 Å². The quantitative estimate of drug-likeness (QED) is 0.844. The third-order valence-corrected chi connectivity index (χ3v) is 4.19. The number of hydrogen-bond donors (Lipinski definition) is 2. The number of carbonyl (C=O) groups is 2. The maximum Gasteiger partial charge on any atom is 0.407 e. The van der Waals surface area contributed by atoms with Gasteiger partial charge in [0.2, 0.25) is 0 Å². The standard InChI is InChI=1S/C14H21BrN2O3S/c1-13(2,3)20-12(19)16-8-14(4,5)17-11(18)10-9(15)6-7-21-10/h6-7H,8H2,1-5H3,(H,16,19)(H,17,18). The molecule has 0 fully saturated rings. The zero-order chi connectivity index (χ0) is 16.3. The Morgan fingerprint density at radius 1 is 1.29 bits per heavy atom. The number of ether oxygens (including phenoxy) is 1. The highest BCUT2D eigenvalue weighted by molar-refractivity contribution is 9.10. The van der Waals surface area contributed by atoms with Crippen LogP contribution in [0.4, 0.5) is 4.79 Å². The van der Waals surface area contributed by atoms with Crippen LogP contribution in [0.2, 0.25) is 0 Å². The van der Waals surface area contributed by atoms with E-state index in [1.807, 2.05) is 25.3 Å². The van der Waals surface area contributed by atoms with Crippen LogP contribution in [0, 0.1) is 0 Å². The van der Waals surface area contributed by atoms with Crippen molar-refractivity contribution in [2.45, 2.75) is 45.8 Å². The van der Waals surface area contributed by atoms with Crippen LogP contribution in [0.15, 0.2) is 15.9 Å². The van der Waals surface area contributed by atoms with Crippen LogP contribution in [0.3, 0.4) is 0 Å². The summed E-state index contributed by atoms with van der Waals surface area (Å²) in [7, 11) is 0. The van der Waals surface area contributed by atoms with Crippen molar-refractivity contribution >= 4 is 39.3 Å². The lowest BCUT2D eigenvalue weighted by molar-refractivity contribution is 0.0510. The second kappa shape index (κ2) is 6.79. The fourth-order valence-electron chi connectivity index (χ4n) is 1.47. The van der Waals surface area contributed by atoms with E-state index < -0.39 is 17.2 Å². The lowest BCUT2D eigenvalue weighted by atomic mass is 10.1. The van der Waals surface area contributed by atoms with Gasteiger partial charge in [0.25, 0.3) is 5.91 Å². The van der Waals surface area contributed by atoms with Crippen LogP contribution < -0.4 is 10.6 Å². The molecule has 118 valence electrons. The van der Waals surface area contributed by atoms with Crippen LogP contribution >= 0.6 is 27.3 Å². The Morgan fingerprint density at radius 2 is 1.90 bits per heavy atom. The van der Waals surface area contributed by atoms with E-state index in [9.17, 15) is 9.59 Å². The maximum absolute atomic E-state index is 12.1. The van der Waals surface area contributed by atoms with E-state index in [-0.39, 0.29) is 12.5 Å². The number of thiophene rings is 1. The van der Waals surface area contributed by atoms with E-state index >= 15 is 0 Å². The Balaban J connectivity index is 2.52. The largest absolute Gasteiger partial charge is 0.444 e. The van der Waals surface area contributed by atoms with Crippen molar-refractivity contribution in [3.8, 4) is 0 Å². The van der Waals surface area contributed by atoms with Crippen molar-refractivity contribution in [3.05, 3.63) is 20.8 Å². The van der Waals surface area contributed by atoms with Gasteiger partial charge in [0.1, 0.15) is 10.5 Å². The summed E-state index contributed by atoms with van der Waals surface area (Å²) >= 11 is 4.69. The van der Waals surface area contributed by atoms with Crippen LogP contribution in [0.25, 0.3) is 0 Å². The van der Waals surface area contributed by atoms with Crippen molar-refractivity contribution in [2.24, 2.45) is 0 Å². The van der Waals surface area contributed by atoms with Gasteiger partial charge in [0.15, 0.2) is 0 Å². The van der Waals surface area contributed by atoms with E-state index in [2.05, 4.69) is 26.6 Å². The molecule has 1 heterocycles. The first kappa shape index (κ1) is 18.0. The third kappa shape index (κ3) is 6.48. The van der Waals surface area contributed by atoms with Gasteiger partial charge in [-0.05, 0) is 62.0 Å². The van der Waals surface area contributed by atoms with Gasteiger partial charge in [-0.1, -0.05) is 0 Å². The van der Waals surface area contributed by atoms with Crippen molar-refractivity contribution in [2.75, 3.05) is 6.54 Å². The zero-order valence-electron chi connectivity index (χ0n) is 12.9. The predicted octanol–water partition coefficient (Wildman–Crippen LogP) is 3.54. The highest BCUT2D eigenvalue weighted by Crippen LogP contribution is 2.23. The lowest BCUT2D eigenvalue weighted by Gasteiger charge is -2.27. The number of alkyl carbamates (subject to hydrolysis) is 1. The predicted molar refractivity (Wildman–Crippen MR) is 87.8 cm³/mol. The molecule has 2 amide bonds. The molecule has 0 spiro atoms. The number of hydrogen-bond acceptors (Lipinski definition) is 4. The summed E-state index contributed by atoms with van der Waals surface area (Å²) in [6, 6.07) is 1.82. The fraction of sp³-hybridized carbons (Fsp3) is 0.571. The van der Waals surface area contributed by atoms with Crippen molar-refractivity contribution < 1.29 is 14.3 Å². The molecule has 1 aromatic heterocycles. The van der Waals surface area contributed by atoms with Gasteiger partial charge in [-0.15, -0.1) is 11.3 Å². The van der Waals surface area contributed by atoms with Gasteiger partial charge < -0.3 is 15.4 Å². The van der Waals surface area contributed by atoms with Gasteiger partial charge in [-0.25, -0.2) is 4.79 Å². The number of carbonyl (C=O) groups excluding carboxylic acids is 2. The van der Waals surface area contributed by atoms with Crippen LogP contribution in [-0.4, -0.2) is 29.7 Å². The molecule has 1 aromatic rings. The molecule has 0 saturated heterocycles. The Hall–Kier alpha value is -1.08. The molecule has 5 nitrogen and oxygen atoms in total. The molecule has 2 N–H and O–H groups in total. The Morgan fingerprint density at radius 3 is 2.38 bits per heavy atom. The fourth-order valence-corrected chi connectivity index (χ4v) is 2.92. The van der Waals surface area contributed by atoms with E-state index in [4.69, 9.17) is 4.74 Å². The van der Waals surface area contributed by atoms with Gasteiger partial charge in [-0.2, -0.15) is 0 Å². The molecule has 21 heavy (non-hydrogen) atoms. The van der Waals surface area contributed by atoms with Crippen molar-refractivity contribution in [3.63, 3.8) is 0 Å². The summed E-state index contributed by atoms with van der Waals surface area (Å²) in [5.41, 5.74) is -1.13. The zero-order valence-corrected chi connectivity index (χ0v) is 15.3. The van der Waals surface area contributed by atoms with Crippen LogP contribution in [0.1, 0.15) is 44.3 Å². The van der Waals surface area contributed by atoms with E-state index in [0.29, 0.717) is 4.88 Å². The molecular formula is C14H21BrN2O3S. The molecule has 0 bridgehead atoms. The normalized spacial score (nSPS) is 11.9. The monoisotopic (exact) mass is 376 g/mol. The second-order valence-electron chi connectivity index (χ2n) is 6.29. The molecule has 0 radical (unpaired) electrons. The summed E-state index contributed by atoms with van der Waals surface area (Å²) in [5.74, 6) is -0.173. The van der Waals surface area contributed by atoms with Crippen molar-refractivity contribution in [1.29, 1.82) is 0 Å². The molecule has 7 heteroatoms. The Bertz CT molecular complexity index is 521. The maximum atomic E-state index is 12.1. The summed E-state index contributed by atoms with van der Waals surface area (Å²) in [6.07, 6.45) is -0.498. The molecule has 0 saturated carbocycles. The summed E-state index contributed by atoms with van der Waals surface area (Å²) < 4.78 is 5.93. The molecule has 1 rings (SSSR count). The second-order valence-corrected chi connectivity index (χ2v) is 8.06. The molecule has 0 aliphatic carbocycles. The van der Waals surface area contributed by atoms with Gasteiger partial charge in [-0.3, -0.25) is 4.79 Å². The number of halogens is 1. The third-order valence-electron chi connectivity index (χ3n) is 2.35. The average Bonchev–Trinajstić information content (AvgIpc) is 2.70. The van der Waals surface area contributed by atoms with Crippen LogP contribution in [0.5, 0.6) is 0 Å². The van der Waals surface area contributed by atoms with E-state index in [1.54, 1.807) is 20.8 Å². The first-order valence-electron chi connectivity index (χ1n) is 6.52. The Kier molecular flexibility index (Phi) is 5.81. The topological polar surface area (TPSA) is 67.4 Å². The SMILES string of the molecule is CC(C)(CNC(=O)OC(C)(C)C)NC(=O)c1sccc1Br. The average molecular weight is 377 g/mol. The first-order chi connectivity index (χ1) is 9.50. The number of nitrogens with one attached hydrogen (secondary N) is 2. The minimum Gasteiger partial charge on any atom is -0.444 e. The van der Waals surface area contributed by atoms with Gasteiger partial charge >= 0.3 is 6.09 Å². The van der Waals surface area contributed by atoms with Crippen molar-refractivity contribution in [1.82, 2.24) is 10.6 Å². The summed E-state index contributed by atoms with van der Waals surface area (Å²) in [5, 5.41) is 7.39. The summed E-state index contributed by atoms with van der Waals surface area (Å²) in [4.78, 5) is 24.4. The minimum atomic E-state index is -0.586. The number of rotatable bonds is 4. The molecule has 0 aliphatic rings. The molecule has 0 atom stereocenters. The highest BCUT2D eigenvalue weighted by atomic mass is 79.9. The Labute approximate surface area is 137 Å².